The van der Waals surface area contributed by atoms with E-state index in [0.29, 0.717) is 28.8 Å². The van der Waals surface area contributed by atoms with Crippen LogP contribution in [0.25, 0.3) is 11.0 Å². The van der Waals surface area contributed by atoms with Gasteiger partial charge in [-0.25, -0.2) is 0 Å². The number of methoxy groups -OCH3 is 1. The Morgan fingerprint density at radius 2 is 1.93 bits per heavy atom. The lowest BCUT2D eigenvalue weighted by Crippen LogP contribution is -2.32. The number of amides is 1. The summed E-state index contributed by atoms with van der Waals surface area (Å²) in [7, 11) is 5.53. The first-order chi connectivity index (χ1) is 14.0. The molecule has 1 aliphatic heterocycles. The second-order valence-corrected chi connectivity index (χ2v) is 7.37. The maximum atomic E-state index is 13.4. The van der Waals surface area contributed by atoms with Crippen molar-refractivity contribution in [2.24, 2.45) is 0 Å². The number of pyridine rings is 1. The molecule has 1 aromatic carbocycles. The van der Waals surface area contributed by atoms with Gasteiger partial charge in [-0.15, -0.1) is 0 Å². The first kappa shape index (κ1) is 19.1. The molecule has 0 fully saturated rings. The molecule has 1 amide bonds. The van der Waals surface area contributed by atoms with E-state index in [1.807, 2.05) is 26.2 Å². The third kappa shape index (κ3) is 3.38. The molecule has 0 spiro atoms. The molecular weight excluding hydrogens is 370 g/mol. The minimum Gasteiger partial charge on any atom is -0.497 e. The highest BCUT2D eigenvalue weighted by Gasteiger charge is 2.42. The molecular formula is C22H23N3O4. The molecule has 7 heteroatoms. The molecule has 7 nitrogen and oxygen atoms in total. The number of carbonyl (C=O) groups is 1. The summed E-state index contributed by atoms with van der Waals surface area (Å²) in [4.78, 5) is 34.5. The van der Waals surface area contributed by atoms with Gasteiger partial charge in [0.15, 0.2) is 5.43 Å². The zero-order valence-corrected chi connectivity index (χ0v) is 16.7. The summed E-state index contributed by atoms with van der Waals surface area (Å²) in [6.45, 7) is 1.36. The lowest BCUT2D eigenvalue weighted by molar-refractivity contribution is 0.0722. The number of aromatic nitrogens is 1. The van der Waals surface area contributed by atoms with Crippen LogP contribution in [0, 0.1) is 0 Å². The van der Waals surface area contributed by atoms with E-state index in [0.717, 1.165) is 18.5 Å². The molecule has 150 valence electrons. The van der Waals surface area contributed by atoms with E-state index in [2.05, 4.69) is 9.88 Å². The van der Waals surface area contributed by atoms with Crippen LogP contribution < -0.4 is 10.2 Å². The van der Waals surface area contributed by atoms with Crippen LogP contribution in [0.3, 0.4) is 0 Å². The van der Waals surface area contributed by atoms with Crippen molar-refractivity contribution < 1.29 is 13.9 Å². The van der Waals surface area contributed by atoms with Crippen molar-refractivity contribution in [1.29, 1.82) is 0 Å². The zero-order valence-electron chi connectivity index (χ0n) is 16.7. The predicted octanol–water partition coefficient (Wildman–Crippen LogP) is 2.69. The Bertz CT molecular complexity index is 1110. The van der Waals surface area contributed by atoms with Gasteiger partial charge in [-0.3, -0.25) is 14.6 Å². The highest BCUT2D eigenvalue weighted by molar-refractivity contribution is 5.99. The molecule has 1 aliphatic rings. The Morgan fingerprint density at radius 1 is 1.17 bits per heavy atom. The molecule has 3 aromatic rings. The van der Waals surface area contributed by atoms with Crippen LogP contribution in [0.2, 0.25) is 0 Å². The maximum absolute atomic E-state index is 13.4. The van der Waals surface area contributed by atoms with Gasteiger partial charge in [-0.2, -0.15) is 0 Å². The van der Waals surface area contributed by atoms with Gasteiger partial charge in [0.05, 0.1) is 24.1 Å². The van der Waals surface area contributed by atoms with Gasteiger partial charge in [-0.1, -0.05) is 0 Å². The van der Waals surface area contributed by atoms with E-state index in [1.165, 1.54) is 0 Å². The number of nitrogens with zero attached hydrogens (tertiary/aromatic N) is 3. The summed E-state index contributed by atoms with van der Waals surface area (Å²) in [5.74, 6) is 0.421. The Labute approximate surface area is 168 Å². The van der Waals surface area contributed by atoms with Gasteiger partial charge >= 0.3 is 0 Å². The predicted molar refractivity (Wildman–Crippen MR) is 109 cm³/mol. The standard InChI is InChI=1S/C22H23N3O4/c1-24(2)11-4-12-25-19(14-7-9-23-10-8-14)18-20(26)16-6-5-15(28-3)13-17(16)29-21(18)22(25)27/h5-10,13,19H,4,11-12H2,1-3H3/t19-/m1/s1. The molecule has 0 aliphatic carbocycles. The number of rotatable bonds is 6. The molecule has 29 heavy (non-hydrogen) atoms. The van der Waals surface area contributed by atoms with Crippen molar-refractivity contribution in [3.05, 3.63) is 69.8 Å². The Kier molecular flexibility index (Phi) is 5.07. The van der Waals surface area contributed by atoms with Crippen LogP contribution in [0.4, 0.5) is 0 Å². The van der Waals surface area contributed by atoms with Crippen molar-refractivity contribution in [2.75, 3.05) is 34.3 Å². The normalized spacial score (nSPS) is 15.9. The van der Waals surface area contributed by atoms with Crippen molar-refractivity contribution >= 4 is 16.9 Å². The number of hydrogen-bond acceptors (Lipinski definition) is 6. The third-order valence-electron chi connectivity index (χ3n) is 5.20. The minimum absolute atomic E-state index is 0.113. The fraction of sp³-hybridized carbons (Fsp3) is 0.318. The van der Waals surface area contributed by atoms with Crippen molar-refractivity contribution in [3.8, 4) is 5.75 Å². The van der Waals surface area contributed by atoms with E-state index in [-0.39, 0.29) is 17.1 Å². The molecule has 0 N–H and O–H groups in total. The summed E-state index contributed by atoms with van der Waals surface area (Å²) < 4.78 is 11.2. The second kappa shape index (κ2) is 7.67. The summed E-state index contributed by atoms with van der Waals surface area (Å²) in [5.41, 5.74) is 1.40. The average Bonchev–Trinajstić information content (AvgIpc) is 3.00. The smallest absolute Gasteiger partial charge is 0.290 e. The summed E-state index contributed by atoms with van der Waals surface area (Å²) in [6, 6.07) is 8.24. The fourth-order valence-electron chi connectivity index (χ4n) is 3.81. The Hall–Kier alpha value is -3.19. The van der Waals surface area contributed by atoms with Gasteiger partial charge in [0.1, 0.15) is 11.3 Å². The lowest BCUT2D eigenvalue weighted by Gasteiger charge is -2.25. The van der Waals surface area contributed by atoms with Crippen molar-refractivity contribution in [2.45, 2.75) is 12.5 Å². The van der Waals surface area contributed by atoms with Crippen LogP contribution in [0.15, 0.2) is 51.9 Å². The fourth-order valence-corrected chi connectivity index (χ4v) is 3.81. The van der Waals surface area contributed by atoms with Crippen LogP contribution in [-0.2, 0) is 0 Å². The SMILES string of the molecule is COc1ccc2c(=O)c3c(oc2c1)C(=O)N(CCCN(C)C)[C@@H]3c1ccncc1. The number of hydrogen-bond donors (Lipinski definition) is 0. The molecule has 0 unspecified atom stereocenters. The molecule has 2 aromatic heterocycles. The van der Waals surface area contributed by atoms with Gasteiger partial charge in [0, 0.05) is 25.0 Å². The van der Waals surface area contributed by atoms with E-state index in [4.69, 9.17) is 9.15 Å². The zero-order chi connectivity index (χ0) is 20.5. The van der Waals surface area contributed by atoms with E-state index in [9.17, 15) is 9.59 Å². The number of ether oxygens (including phenoxy) is 1. The molecule has 1 atom stereocenters. The van der Waals surface area contributed by atoms with Crippen molar-refractivity contribution in [1.82, 2.24) is 14.8 Å². The van der Waals surface area contributed by atoms with Crippen LogP contribution in [-0.4, -0.2) is 55.0 Å². The lowest BCUT2D eigenvalue weighted by atomic mass is 9.99. The number of benzene rings is 1. The minimum atomic E-state index is -0.481. The number of carbonyl (C=O) groups excluding carboxylic acids is 1. The molecule has 0 saturated carbocycles. The van der Waals surface area contributed by atoms with E-state index >= 15 is 0 Å². The quantitative estimate of drug-likeness (QED) is 0.641. The first-order valence-electron chi connectivity index (χ1n) is 9.51. The molecule has 0 radical (unpaired) electrons. The maximum Gasteiger partial charge on any atom is 0.290 e. The Morgan fingerprint density at radius 3 is 2.62 bits per heavy atom. The van der Waals surface area contributed by atoms with Gasteiger partial charge in [0.25, 0.3) is 5.91 Å². The topological polar surface area (TPSA) is 75.9 Å². The third-order valence-corrected chi connectivity index (χ3v) is 5.20. The van der Waals surface area contributed by atoms with Crippen LogP contribution in [0.5, 0.6) is 5.75 Å². The van der Waals surface area contributed by atoms with Crippen LogP contribution >= 0.6 is 0 Å². The molecule has 0 saturated heterocycles. The highest BCUT2D eigenvalue weighted by atomic mass is 16.5. The summed E-state index contributed by atoms with van der Waals surface area (Å²) in [6.07, 6.45) is 4.13. The molecule has 4 rings (SSSR count). The number of fused-ring (bicyclic) bond motifs is 2. The van der Waals surface area contributed by atoms with Gasteiger partial charge in [-0.05, 0) is 56.9 Å². The van der Waals surface area contributed by atoms with E-state index < -0.39 is 6.04 Å². The molecule has 3 heterocycles. The summed E-state index contributed by atoms with van der Waals surface area (Å²) >= 11 is 0. The van der Waals surface area contributed by atoms with Gasteiger partial charge < -0.3 is 19.0 Å². The monoisotopic (exact) mass is 393 g/mol. The first-order valence-corrected chi connectivity index (χ1v) is 9.51. The molecule has 0 bridgehead atoms. The van der Waals surface area contributed by atoms with Crippen molar-refractivity contribution in [3.63, 3.8) is 0 Å². The largest absolute Gasteiger partial charge is 0.497 e. The summed E-state index contributed by atoms with van der Waals surface area (Å²) in [5, 5.41) is 0.437. The van der Waals surface area contributed by atoms with Gasteiger partial charge in [0.2, 0.25) is 5.76 Å². The average molecular weight is 393 g/mol. The van der Waals surface area contributed by atoms with Crippen LogP contribution in [0.1, 0.15) is 34.1 Å². The Balaban J connectivity index is 1.87. The highest BCUT2D eigenvalue weighted by Crippen LogP contribution is 2.38. The van der Waals surface area contributed by atoms with E-state index in [1.54, 1.807) is 42.6 Å². The second-order valence-electron chi connectivity index (χ2n) is 7.37.